The molecule has 3 aromatic carbocycles. The molecule has 1 saturated heterocycles. The molecule has 2 aliphatic rings. The van der Waals surface area contributed by atoms with Gasteiger partial charge in [-0.05, 0) is 22.8 Å². The molecule has 1 heterocycles. The summed E-state index contributed by atoms with van der Waals surface area (Å²) in [5, 5.41) is 6.86. The van der Waals surface area contributed by atoms with E-state index in [1.165, 1.54) is 27.8 Å². The molecule has 0 saturated carbocycles. The zero-order valence-electron chi connectivity index (χ0n) is 16.5. The Balaban J connectivity index is 1.25. The van der Waals surface area contributed by atoms with Crippen LogP contribution in [-0.2, 0) is 0 Å². The van der Waals surface area contributed by atoms with Gasteiger partial charge >= 0.3 is 0 Å². The second kappa shape index (κ2) is 8.06. The number of rotatable bonds is 4. The molecular formula is C26H26N3+. The largest absolute Gasteiger partial charge is 0.322 e. The fraction of sp³-hybridized carbons (Fsp3) is 0.192. The average Bonchev–Trinajstić information content (AvgIpc) is 3.12. The molecular weight excluding hydrogens is 354 g/mol. The summed E-state index contributed by atoms with van der Waals surface area (Å²) in [5.41, 5.74) is 6.98. The molecule has 0 radical (unpaired) electrons. The van der Waals surface area contributed by atoms with Crippen LogP contribution in [0.2, 0.25) is 0 Å². The zero-order valence-corrected chi connectivity index (χ0v) is 16.5. The molecule has 1 aliphatic heterocycles. The third-order valence-electron chi connectivity index (χ3n) is 6.03. The van der Waals surface area contributed by atoms with E-state index in [0.29, 0.717) is 6.04 Å². The molecule has 0 unspecified atom stereocenters. The van der Waals surface area contributed by atoms with Gasteiger partial charge in [-0.25, -0.2) is 0 Å². The number of hydrazone groups is 1. The second-order valence-corrected chi connectivity index (χ2v) is 7.75. The van der Waals surface area contributed by atoms with Crippen LogP contribution in [0, 0.1) is 0 Å². The third-order valence-corrected chi connectivity index (χ3v) is 6.03. The van der Waals surface area contributed by atoms with Crippen LogP contribution in [0.25, 0.3) is 17.2 Å². The number of allylic oxidation sites excluding steroid dienone is 1. The van der Waals surface area contributed by atoms with Gasteiger partial charge in [-0.1, -0.05) is 84.9 Å². The van der Waals surface area contributed by atoms with Crippen LogP contribution in [0.3, 0.4) is 0 Å². The third kappa shape index (κ3) is 3.62. The van der Waals surface area contributed by atoms with Gasteiger partial charge in [0.15, 0.2) is 0 Å². The summed E-state index contributed by atoms with van der Waals surface area (Å²) in [7, 11) is 0. The Morgan fingerprint density at radius 1 is 0.759 bits per heavy atom. The maximum absolute atomic E-state index is 4.66. The molecule has 1 fully saturated rings. The second-order valence-electron chi connectivity index (χ2n) is 7.75. The number of hydrogen-bond donors (Lipinski definition) is 1. The van der Waals surface area contributed by atoms with Crippen molar-refractivity contribution in [3.8, 4) is 11.1 Å². The van der Waals surface area contributed by atoms with Crippen molar-refractivity contribution in [3.63, 3.8) is 0 Å². The summed E-state index contributed by atoms with van der Waals surface area (Å²) >= 11 is 0. The van der Waals surface area contributed by atoms with Crippen molar-refractivity contribution in [3.05, 3.63) is 102 Å². The van der Waals surface area contributed by atoms with Gasteiger partial charge in [-0.2, -0.15) is 5.10 Å². The topological polar surface area (TPSA) is 20.0 Å². The fourth-order valence-corrected chi connectivity index (χ4v) is 4.63. The van der Waals surface area contributed by atoms with E-state index in [1.807, 2.05) is 18.4 Å². The Morgan fingerprint density at radius 3 is 2.00 bits per heavy atom. The van der Waals surface area contributed by atoms with Crippen molar-refractivity contribution in [2.75, 3.05) is 26.2 Å². The number of hydrogen-bond acceptors (Lipinski definition) is 2. The predicted molar refractivity (Wildman–Crippen MR) is 120 cm³/mol. The van der Waals surface area contributed by atoms with Crippen LogP contribution in [0.4, 0.5) is 0 Å². The van der Waals surface area contributed by atoms with Gasteiger partial charge in [0.1, 0.15) is 6.04 Å². The number of nitrogens with one attached hydrogen (secondary N) is 1. The number of benzene rings is 3. The molecule has 1 N–H and O–H groups in total. The van der Waals surface area contributed by atoms with E-state index in [9.17, 15) is 0 Å². The van der Waals surface area contributed by atoms with Crippen molar-refractivity contribution >= 4 is 12.3 Å². The monoisotopic (exact) mass is 380 g/mol. The first kappa shape index (κ1) is 17.9. The molecule has 0 amide bonds. The highest BCUT2D eigenvalue weighted by Crippen LogP contribution is 2.41. The first-order chi connectivity index (χ1) is 14.4. The number of fused-ring (bicyclic) bond motifs is 3. The molecule has 0 spiro atoms. The van der Waals surface area contributed by atoms with E-state index < -0.39 is 0 Å². The average molecular weight is 381 g/mol. The SMILES string of the molecule is C(=C\c1ccccc1)/C=N/N1CC[NH+](C2c3ccccc3-c3ccccc32)CC1. The molecule has 3 aromatic rings. The lowest BCUT2D eigenvalue weighted by Gasteiger charge is -2.34. The molecule has 144 valence electrons. The van der Waals surface area contributed by atoms with E-state index in [0.717, 1.165) is 26.2 Å². The molecule has 3 nitrogen and oxygen atoms in total. The highest BCUT2D eigenvalue weighted by atomic mass is 15.5. The summed E-state index contributed by atoms with van der Waals surface area (Å²) in [6, 6.07) is 28.6. The van der Waals surface area contributed by atoms with Crippen molar-refractivity contribution in [1.29, 1.82) is 0 Å². The normalized spacial score (nSPS) is 17.2. The summed E-state index contributed by atoms with van der Waals surface area (Å²) in [6.07, 6.45) is 6.04. The Morgan fingerprint density at radius 2 is 1.34 bits per heavy atom. The van der Waals surface area contributed by atoms with Crippen LogP contribution in [0.1, 0.15) is 22.7 Å². The molecule has 3 heteroatoms. The predicted octanol–water partition coefficient (Wildman–Crippen LogP) is 3.66. The molecule has 29 heavy (non-hydrogen) atoms. The first-order valence-corrected chi connectivity index (χ1v) is 10.4. The lowest BCUT2D eigenvalue weighted by Crippen LogP contribution is -3.14. The number of nitrogens with zero attached hydrogens (tertiary/aromatic N) is 2. The lowest BCUT2D eigenvalue weighted by molar-refractivity contribution is -0.929. The quantitative estimate of drug-likeness (QED) is 0.685. The van der Waals surface area contributed by atoms with Crippen LogP contribution in [0.5, 0.6) is 0 Å². The van der Waals surface area contributed by atoms with Crippen LogP contribution in [-0.4, -0.2) is 37.4 Å². The summed E-state index contributed by atoms with van der Waals surface area (Å²) < 4.78 is 0. The van der Waals surface area contributed by atoms with Gasteiger partial charge in [0.2, 0.25) is 0 Å². The minimum absolute atomic E-state index is 0.450. The molecule has 5 rings (SSSR count). The molecule has 0 atom stereocenters. The van der Waals surface area contributed by atoms with E-state index >= 15 is 0 Å². The highest BCUT2D eigenvalue weighted by molar-refractivity contribution is 5.78. The van der Waals surface area contributed by atoms with E-state index in [1.54, 1.807) is 4.90 Å². The van der Waals surface area contributed by atoms with Crippen molar-refractivity contribution in [2.45, 2.75) is 6.04 Å². The number of piperazine rings is 1. The van der Waals surface area contributed by atoms with Gasteiger partial charge < -0.3 is 4.90 Å². The van der Waals surface area contributed by atoms with Crippen LogP contribution in [0.15, 0.2) is 90.0 Å². The van der Waals surface area contributed by atoms with Crippen LogP contribution >= 0.6 is 0 Å². The van der Waals surface area contributed by atoms with E-state index in [-0.39, 0.29) is 0 Å². The number of quaternary nitrogens is 1. The fourth-order valence-electron chi connectivity index (χ4n) is 4.63. The van der Waals surface area contributed by atoms with E-state index in [4.69, 9.17) is 0 Å². The van der Waals surface area contributed by atoms with Crippen LogP contribution < -0.4 is 4.90 Å². The van der Waals surface area contributed by atoms with Gasteiger partial charge in [-0.15, -0.1) is 0 Å². The van der Waals surface area contributed by atoms with Gasteiger partial charge in [0.25, 0.3) is 0 Å². The summed E-state index contributed by atoms with van der Waals surface area (Å²) in [4.78, 5) is 1.65. The van der Waals surface area contributed by atoms with Crippen molar-refractivity contribution < 1.29 is 4.90 Å². The first-order valence-electron chi connectivity index (χ1n) is 10.4. The Bertz CT molecular complexity index is 985. The lowest BCUT2D eigenvalue weighted by atomic mass is 10.0. The zero-order chi connectivity index (χ0) is 19.5. The van der Waals surface area contributed by atoms with Gasteiger partial charge in [-0.3, -0.25) is 5.01 Å². The molecule has 1 aliphatic carbocycles. The minimum atomic E-state index is 0.450. The van der Waals surface area contributed by atoms with Crippen molar-refractivity contribution in [2.24, 2.45) is 5.10 Å². The Labute approximate surface area is 172 Å². The molecule has 0 aromatic heterocycles. The van der Waals surface area contributed by atoms with Crippen molar-refractivity contribution in [1.82, 2.24) is 5.01 Å². The molecule has 0 bridgehead atoms. The van der Waals surface area contributed by atoms with E-state index in [2.05, 4.69) is 89.0 Å². The van der Waals surface area contributed by atoms with Gasteiger partial charge in [0, 0.05) is 17.3 Å². The summed E-state index contributed by atoms with van der Waals surface area (Å²) in [5.74, 6) is 0. The Hall–Kier alpha value is -3.17. The maximum Gasteiger partial charge on any atom is 0.140 e. The summed E-state index contributed by atoms with van der Waals surface area (Å²) in [6.45, 7) is 4.19. The smallest absolute Gasteiger partial charge is 0.140 e. The minimum Gasteiger partial charge on any atom is -0.322 e. The highest BCUT2D eigenvalue weighted by Gasteiger charge is 2.37. The Kier molecular flexibility index (Phi) is 4.97. The standard InChI is InChI=1S/C26H25N3/c1-2-9-21(10-3-1)11-8-16-27-29-19-17-28(18-20-29)26-24-14-6-4-12-22(24)23-13-5-7-15-25(23)26/h1-16,26H,17-20H2/p+1/b11-8+,27-16+. The maximum atomic E-state index is 4.66. The van der Waals surface area contributed by atoms with Gasteiger partial charge in [0.05, 0.1) is 26.2 Å².